The number of benzene rings is 2. The van der Waals surface area contributed by atoms with Crippen molar-refractivity contribution >= 4 is 18.3 Å². The van der Waals surface area contributed by atoms with Crippen LogP contribution in [0.1, 0.15) is 43.7 Å². The molecule has 1 saturated heterocycles. The average molecular weight is 525 g/mol. The van der Waals surface area contributed by atoms with E-state index in [4.69, 9.17) is 15.0 Å². The number of hydrogen-bond donors (Lipinski definition) is 1. The molecule has 7 nitrogen and oxygen atoms in total. The zero-order valence-corrected chi connectivity index (χ0v) is 20.7. The number of amides is 1. The Bertz CT molecular complexity index is 1160. The van der Waals surface area contributed by atoms with Crippen molar-refractivity contribution in [3.8, 4) is 17.2 Å². The maximum absolute atomic E-state index is 13.0. The van der Waals surface area contributed by atoms with Crippen LogP contribution in [0.15, 0.2) is 59.4 Å². The first-order valence-electron chi connectivity index (χ1n) is 11.3. The first-order valence-corrected chi connectivity index (χ1v) is 11.3. The number of nitrogens with zero attached hydrogens (tertiary/aromatic N) is 3. The molecule has 0 spiro atoms. The molecular weight excluding hydrogens is 497 g/mol. The molecule has 0 bridgehead atoms. The Hall–Kier alpha value is -3.11. The van der Waals surface area contributed by atoms with E-state index in [2.05, 4.69) is 10.1 Å². The molecule has 1 amide bonds. The summed E-state index contributed by atoms with van der Waals surface area (Å²) < 4.78 is 50.0. The fourth-order valence-corrected chi connectivity index (χ4v) is 4.56. The lowest BCUT2D eigenvalue weighted by molar-refractivity contribution is -0.137. The zero-order chi connectivity index (χ0) is 25.2. The smallest absolute Gasteiger partial charge is 0.416 e. The standard InChI is InChI=1S/C25H27F3N4O3.ClH/c1-16(17-6-8-18(9-7-17)22-30-15-31-35-22)13-24(2,23(29)33)32-11-10-21(14-32)34-20-5-3-4-19(12-20)25(26,27)28;/h3-9,12,15-16,21H,10-11,13-14H2,1-2H3,(H2,29,33);1H/t16-,21?,24?;/m0./s1. The van der Waals surface area contributed by atoms with Gasteiger partial charge in [0.2, 0.25) is 5.91 Å². The monoisotopic (exact) mass is 524 g/mol. The van der Waals surface area contributed by atoms with Crippen molar-refractivity contribution in [2.24, 2.45) is 5.73 Å². The Morgan fingerprint density at radius 2 is 1.97 bits per heavy atom. The molecule has 2 unspecified atom stereocenters. The summed E-state index contributed by atoms with van der Waals surface area (Å²) >= 11 is 0. The van der Waals surface area contributed by atoms with Gasteiger partial charge in [-0.1, -0.05) is 30.3 Å². The van der Waals surface area contributed by atoms with Gasteiger partial charge in [0, 0.05) is 18.7 Å². The second-order valence-electron chi connectivity index (χ2n) is 9.11. The van der Waals surface area contributed by atoms with Crippen molar-refractivity contribution < 1.29 is 27.2 Å². The second kappa shape index (κ2) is 10.9. The van der Waals surface area contributed by atoms with Crippen LogP contribution in [0.3, 0.4) is 0 Å². The SMILES string of the molecule is C[C@@H](CC(C)(C(N)=O)N1CCC(Oc2cccc(C(F)(F)F)c2)C1)c1ccc(-c2ncno2)cc1.Cl. The third-order valence-corrected chi connectivity index (χ3v) is 6.63. The Morgan fingerprint density at radius 1 is 1.25 bits per heavy atom. The summed E-state index contributed by atoms with van der Waals surface area (Å²) in [5.74, 6) is 0.136. The van der Waals surface area contributed by atoms with Gasteiger partial charge in [0.05, 0.1) is 11.1 Å². The second-order valence-corrected chi connectivity index (χ2v) is 9.11. The van der Waals surface area contributed by atoms with Gasteiger partial charge in [-0.2, -0.15) is 18.2 Å². The van der Waals surface area contributed by atoms with Crippen molar-refractivity contribution in [1.29, 1.82) is 0 Å². The fourth-order valence-electron chi connectivity index (χ4n) is 4.56. The van der Waals surface area contributed by atoms with Crippen molar-refractivity contribution in [2.75, 3.05) is 13.1 Å². The van der Waals surface area contributed by atoms with E-state index >= 15 is 0 Å². The van der Waals surface area contributed by atoms with Gasteiger partial charge < -0.3 is 15.0 Å². The van der Waals surface area contributed by atoms with Crippen LogP contribution in [0.2, 0.25) is 0 Å². The number of nitrogens with two attached hydrogens (primary N) is 1. The molecular formula is C25H28ClF3N4O3. The van der Waals surface area contributed by atoms with E-state index < -0.39 is 23.2 Å². The van der Waals surface area contributed by atoms with Crippen molar-refractivity contribution in [1.82, 2.24) is 15.0 Å². The van der Waals surface area contributed by atoms with Gasteiger partial charge in [-0.15, -0.1) is 12.4 Å². The van der Waals surface area contributed by atoms with Crippen molar-refractivity contribution in [2.45, 2.75) is 50.4 Å². The van der Waals surface area contributed by atoms with Crippen LogP contribution >= 0.6 is 12.4 Å². The van der Waals surface area contributed by atoms with E-state index in [9.17, 15) is 18.0 Å². The highest BCUT2D eigenvalue weighted by Crippen LogP contribution is 2.35. The Balaban J connectivity index is 0.00000361. The van der Waals surface area contributed by atoms with Gasteiger partial charge in [0.15, 0.2) is 6.33 Å². The van der Waals surface area contributed by atoms with Gasteiger partial charge in [-0.05, 0) is 61.6 Å². The minimum Gasteiger partial charge on any atom is -0.489 e. The van der Waals surface area contributed by atoms with Crippen LogP contribution in [0.5, 0.6) is 5.75 Å². The third kappa shape index (κ3) is 5.99. The van der Waals surface area contributed by atoms with E-state index in [0.717, 1.165) is 23.3 Å². The normalized spacial score (nSPS) is 18.8. The quantitative estimate of drug-likeness (QED) is 0.442. The summed E-state index contributed by atoms with van der Waals surface area (Å²) in [6, 6.07) is 12.5. The van der Waals surface area contributed by atoms with E-state index in [1.54, 1.807) is 0 Å². The number of rotatable bonds is 8. The van der Waals surface area contributed by atoms with Crippen LogP contribution in [0, 0.1) is 0 Å². The molecule has 0 aliphatic carbocycles. The van der Waals surface area contributed by atoms with E-state index in [1.165, 1.54) is 18.5 Å². The number of likely N-dealkylation sites (tertiary alicyclic amines) is 1. The fraction of sp³-hybridized carbons (Fsp3) is 0.400. The molecule has 1 aliphatic heterocycles. The summed E-state index contributed by atoms with van der Waals surface area (Å²) in [5.41, 5.74) is 5.97. The molecule has 0 saturated carbocycles. The molecule has 4 rings (SSSR count). The lowest BCUT2D eigenvalue weighted by atomic mass is 9.84. The topological polar surface area (TPSA) is 94.5 Å². The van der Waals surface area contributed by atoms with E-state index in [1.807, 2.05) is 43.0 Å². The van der Waals surface area contributed by atoms with Gasteiger partial charge in [0.1, 0.15) is 11.9 Å². The number of halogens is 4. The summed E-state index contributed by atoms with van der Waals surface area (Å²) in [4.78, 5) is 18.6. The molecule has 0 radical (unpaired) electrons. The molecule has 1 fully saturated rings. The van der Waals surface area contributed by atoms with Crippen LogP contribution in [0.25, 0.3) is 11.5 Å². The Labute approximate surface area is 213 Å². The van der Waals surface area contributed by atoms with Gasteiger partial charge in [0.25, 0.3) is 5.89 Å². The molecule has 1 aliphatic rings. The molecule has 3 atom stereocenters. The number of carbonyl (C=O) groups excluding carboxylic acids is 1. The molecule has 11 heteroatoms. The van der Waals surface area contributed by atoms with Gasteiger partial charge in [-0.3, -0.25) is 9.69 Å². The molecule has 36 heavy (non-hydrogen) atoms. The van der Waals surface area contributed by atoms with Crippen LogP contribution in [0.4, 0.5) is 13.2 Å². The minimum absolute atomic E-state index is 0. The largest absolute Gasteiger partial charge is 0.489 e. The Kier molecular flexibility index (Phi) is 8.30. The highest BCUT2D eigenvalue weighted by atomic mass is 35.5. The molecule has 1 aromatic heterocycles. The highest BCUT2D eigenvalue weighted by Gasteiger charge is 2.43. The van der Waals surface area contributed by atoms with Gasteiger partial charge >= 0.3 is 6.18 Å². The van der Waals surface area contributed by atoms with Crippen molar-refractivity contribution in [3.05, 3.63) is 66.0 Å². The predicted octanol–water partition coefficient (Wildman–Crippen LogP) is 5.07. The number of alkyl halides is 3. The number of hydrogen-bond acceptors (Lipinski definition) is 6. The number of ether oxygens (including phenoxy) is 1. The lowest BCUT2D eigenvalue weighted by Crippen LogP contribution is -2.55. The minimum atomic E-state index is -4.44. The number of aromatic nitrogens is 2. The molecule has 194 valence electrons. The summed E-state index contributed by atoms with van der Waals surface area (Å²) in [5, 5.41) is 3.61. The summed E-state index contributed by atoms with van der Waals surface area (Å²) in [7, 11) is 0. The molecule has 3 aromatic rings. The Morgan fingerprint density at radius 3 is 2.58 bits per heavy atom. The maximum Gasteiger partial charge on any atom is 0.416 e. The molecule has 2 N–H and O–H groups in total. The predicted molar refractivity (Wildman–Crippen MR) is 130 cm³/mol. The lowest BCUT2D eigenvalue weighted by Gasteiger charge is -2.38. The summed E-state index contributed by atoms with van der Waals surface area (Å²) in [6.45, 7) is 4.77. The van der Waals surface area contributed by atoms with Crippen LogP contribution in [-0.4, -0.2) is 45.7 Å². The molecule has 2 aromatic carbocycles. The average Bonchev–Trinajstić information content (AvgIpc) is 3.51. The van der Waals surface area contributed by atoms with Crippen LogP contribution in [-0.2, 0) is 11.0 Å². The van der Waals surface area contributed by atoms with Gasteiger partial charge in [-0.25, -0.2) is 0 Å². The molecule has 2 heterocycles. The zero-order valence-electron chi connectivity index (χ0n) is 19.9. The first-order chi connectivity index (χ1) is 16.6. The summed E-state index contributed by atoms with van der Waals surface area (Å²) in [6.07, 6.45) is -2.40. The van der Waals surface area contributed by atoms with E-state index in [0.29, 0.717) is 31.8 Å². The van der Waals surface area contributed by atoms with Crippen molar-refractivity contribution in [3.63, 3.8) is 0 Å². The van der Waals surface area contributed by atoms with Crippen LogP contribution < -0.4 is 10.5 Å². The van der Waals surface area contributed by atoms with E-state index in [-0.39, 0.29) is 30.2 Å². The highest BCUT2D eigenvalue weighted by molar-refractivity contribution is 5.85. The third-order valence-electron chi connectivity index (χ3n) is 6.63. The maximum atomic E-state index is 13.0. The number of carbonyl (C=O) groups is 1. The first kappa shape index (κ1) is 27.5. The number of primary amides is 1.